The van der Waals surface area contributed by atoms with Gasteiger partial charge in [0, 0.05) is 12.0 Å². The van der Waals surface area contributed by atoms with Gasteiger partial charge in [-0.2, -0.15) is 0 Å². The average molecular weight is 320 g/mol. The summed E-state index contributed by atoms with van der Waals surface area (Å²) < 4.78 is 13.8. The molecule has 0 bridgehead atoms. The summed E-state index contributed by atoms with van der Waals surface area (Å²) in [6.07, 6.45) is 0.833. The van der Waals surface area contributed by atoms with Crippen LogP contribution in [0.15, 0.2) is 18.2 Å². The predicted octanol–water partition coefficient (Wildman–Crippen LogP) is 4.73. The first kappa shape index (κ1) is 14.5. The van der Waals surface area contributed by atoms with E-state index in [0.717, 1.165) is 0 Å². The molecule has 0 aliphatic heterocycles. The third-order valence-electron chi connectivity index (χ3n) is 2.69. The molecule has 2 rings (SSSR count). The molecule has 6 heteroatoms. The van der Waals surface area contributed by atoms with Gasteiger partial charge >= 0.3 is 0 Å². The number of nitrogens with zero attached hydrogens (tertiary/aromatic N) is 2. The van der Waals surface area contributed by atoms with Crippen molar-refractivity contribution in [1.29, 1.82) is 0 Å². The van der Waals surface area contributed by atoms with Gasteiger partial charge < -0.3 is 0 Å². The third-order valence-corrected chi connectivity index (χ3v) is 3.60. The van der Waals surface area contributed by atoms with Crippen molar-refractivity contribution in [3.63, 3.8) is 0 Å². The Morgan fingerprint density at radius 1 is 1.11 bits per heavy atom. The van der Waals surface area contributed by atoms with Crippen molar-refractivity contribution in [3.05, 3.63) is 56.3 Å². The van der Waals surface area contributed by atoms with Crippen LogP contribution in [0, 0.1) is 5.82 Å². The normalized spacial score (nSPS) is 10.8. The van der Waals surface area contributed by atoms with Crippen LogP contribution in [-0.2, 0) is 12.8 Å². The molecule has 2 aromatic rings. The highest BCUT2D eigenvalue weighted by atomic mass is 35.5. The first-order chi connectivity index (χ1) is 9.02. The minimum absolute atomic E-state index is 0.0693. The van der Waals surface area contributed by atoms with Gasteiger partial charge in [-0.1, -0.05) is 53.9 Å². The third kappa shape index (κ3) is 3.16. The highest BCUT2D eigenvalue weighted by Crippen LogP contribution is 2.24. The smallest absolute Gasteiger partial charge is 0.145 e. The molecule has 100 valence electrons. The van der Waals surface area contributed by atoms with Crippen molar-refractivity contribution in [2.45, 2.75) is 19.8 Å². The number of halogens is 4. The van der Waals surface area contributed by atoms with E-state index in [4.69, 9.17) is 34.8 Å². The molecule has 0 amide bonds. The lowest BCUT2D eigenvalue weighted by Crippen LogP contribution is -2.02. The Morgan fingerprint density at radius 2 is 1.74 bits per heavy atom. The van der Waals surface area contributed by atoms with Crippen molar-refractivity contribution < 1.29 is 4.39 Å². The second kappa shape index (κ2) is 6.04. The van der Waals surface area contributed by atoms with E-state index in [1.54, 1.807) is 12.1 Å². The molecule has 1 aromatic heterocycles. The van der Waals surface area contributed by atoms with E-state index >= 15 is 0 Å². The minimum atomic E-state index is -0.473. The summed E-state index contributed by atoms with van der Waals surface area (Å²) in [4.78, 5) is 8.26. The number of hydrogen-bond acceptors (Lipinski definition) is 2. The molecule has 19 heavy (non-hydrogen) atoms. The lowest BCUT2D eigenvalue weighted by molar-refractivity contribution is 0.612. The Bertz CT molecular complexity index is 594. The molecule has 0 unspecified atom stereocenters. The first-order valence-electron chi connectivity index (χ1n) is 5.66. The van der Waals surface area contributed by atoms with E-state index in [1.165, 1.54) is 6.07 Å². The molecule has 0 spiro atoms. The van der Waals surface area contributed by atoms with Gasteiger partial charge in [0.25, 0.3) is 0 Å². The molecule has 0 N–H and O–H groups in total. The highest BCUT2D eigenvalue weighted by Gasteiger charge is 2.13. The van der Waals surface area contributed by atoms with Crippen molar-refractivity contribution in [2.24, 2.45) is 0 Å². The van der Waals surface area contributed by atoms with Crippen LogP contribution in [0.25, 0.3) is 0 Å². The molecule has 0 fully saturated rings. The standard InChI is InChI=1S/C13H10Cl3FN2/c1-2-8-12(15)18-10(19-13(8)16)6-7-4-3-5-9(14)11(7)17/h3-5H,2,6H2,1H3. The van der Waals surface area contributed by atoms with Crippen molar-refractivity contribution in [2.75, 3.05) is 0 Å². The fraction of sp³-hybridized carbons (Fsp3) is 0.231. The number of rotatable bonds is 3. The van der Waals surface area contributed by atoms with E-state index in [-0.39, 0.29) is 11.4 Å². The fourth-order valence-electron chi connectivity index (χ4n) is 1.70. The minimum Gasteiger partial charge on any atom is -0.220 e. The molecular weight excluding hydrogens is 310 g/mol. The van der Waals surface area contributed by atoms with E-state index in [9.17, 15) is 4.39 Å². The van der Waals surface area contributed by atoms with Gasteiger partial charge in [0.2, 0.25) is 0 Å². The second-order valence-electron chi connectivity index (χ2n) is 3.94. The molecule has 1 aromatic carbocycles. The van der Waals surface area contributed by atoms with Gasteiger partial charge in [-0.25, -0.2) is 14.4 Å². The van der Waals surface area contributed by atoms with Crippen molar-refractivity contribution in [1.82, 2.24) is 9.97 Å². The SMILES string of the molecule is CCc1c(Cl)nc(Cc2cccc(Cl)c2F)nc1Cl. The fourth-order valence-corrected chi connectivity index (χ4v) is 2.58. The zero-order chi connectivity index (χ0) is 14.0. The Hall–Kier alpha value is -0.900. The van der Waals surface area contributed by atoms with Gasteiger partial charge in [0.05, 0.1) is 5.02 Å². The van der Waals surface area contributed by atoms with Crippen LogP contribution in [0.5, 0.6) is 0 Å². The zero-order valence-corrected chi connectivity index (χ0v) is 12.3. The van der Waals surface area contributed by atoms with Gasteiger partial charge in [-0.05, 0) is 18.1 Å². The molecular formula is C13H10Cl3FN2. The van der Waals surface area contributed by atoms with E-state index in [2.05, 4.69) is 9.97 Å². The van der Waals surface area contributed by atoms with Gasteiger partial charge in [-0.3, -0.25) is 0 Å². The van der Waals surface area contributed by atoms with E-state index in [1.807, 2.05) is 6.92 Å². The van der Waals surface area contributed by atoms with Crippen LogP contribution in [0.3, 0.4) is 0 Å². The maximum atomic E-state index is 13.8. The first-order valence-corrected chi connectivity index (χ1v) is 6.80. The molecule has 0 aliphatic rings. The van der Waals surface area contributed by atoms with Gasteiger partial charge in [0.1, 0.15) is 21.9 Å². The maximum Gasteiger partial charge on any atom is 0.145 e. The summed E-state index contributed by atoms with van der Waals surface area (Å²) in [5, 5.41) is 0.680. The topological polar surface area (TPSA) is 25.8 Å². The molecule has 0 saturated heterocycles. The summed E-state index contributed by atoms with van der Waals surface area (Å²) in [7, 11) is 0. The molecule has 1 heterocycles. The van der Waals surface area contributed by atoms with Crippen LogP contribution >= 0.6 is 34.8 Å². The zero-order valence-electron chi connectivity index (χ0n) is 10.1. The Morgan fingerprint density at radius 3 is 2.32 bits per heavy atom. The maximum absolute atomic E-state index is 13.8. The summed E-state index contributed by atoms with van der Waals surface area (Å²) >= 11 is 17.8. The molecule has 2 nitrogen and oxygen atoms in total. The summed E-state index contributed by atoms with van der Waals surface area (Å²) in [5.41, 5.74) is 1.10. The Balaban J connectivity index is 2.36. The Labute approximate surface area is 125 Å². The monoisotopic (exact) mass is 318 g/mol. The molecule has 0 atom stereocenters. The number of hydrogen-bond donors (Lipinski definition) is 0. The predicted molar refractivity (Wildman–Crippen MR) is 75.6 cm³/mol. The van der Waals surface area contributed by atoms with Crippen LogP contribution < -0.4 is 0 Å². The summed E-state index contributed by atoms with van der Waals surface area (Å²) in [6.45, 7) is 1.91. The van der Waals surface area contributed by atoms with E-state index in [0.29, 0.717) is 33.7 Å². The Kier molecular flexibility index (Phi) is 4.61. The summed E-state index contributed by atoms with van der Waals surface area (Å²) in [5.74, 6) is -0.104. The number of benzene rings is 1. The van der Waals surface area contributed by atoms with Crippen LogP contribution in [-0.4, -0.2) is 9.97 Å². The lowest BCUT2D eigenvalue weighted by Gasteiger charge is -2.07. The summed E-state index contributed by atoms with van der Waals surface area (Å²) in [6, 6.07) is 4.78. The van der Waals surface area contributed by atoms with Crippen LogP contribution in [0.2, 0.25) is 15.3 Å². The molecule has 0 saturated carbocycles. The quantitative estimate of drug-likeness (QED) is 0.764. The van der Waals surface area contributed by atoms with E-state index < -0.39 is 5.82 Å². The largest absolute Gasteiger partial charge is 0.220 e. The highest BCUT2D eigenvalue weighted by molar-refractivity contribution is 6.34. The molecule has 0 aliphatic carbocycles. The van der Waals surface area contributed by atoms with Crippen LogP contribution in [0.1, 0.15) is 23.9 Å². The number of aromatic nitrogens is 2. The van der Waals surface area contributed by atoms with Gasteiger partial charge in [-0.15, -0.1) is 0 Å². The van der Waals surface area contributed by atoms with Crippen molar-refractivity contribution >= 4 is 34.8 Å². The lowest BCUT2D eigenvalue weighted by atomic mass is 10.1. The molecule has 0 radical (unpaired) electrons. The second-order valence-corrected chi connectivity index (χ2v) is 5.07. The van der Waals surface area contributed by atoms with Crippen molar-refractivity contribution in [3.8, 4) is 0 Å². The van der Waals surface area contributed by atoms with Gasteiger partial charge in [0.15, 0.2) is 0 Å². The van der Waals surface area contributed by atoms with Crippen LogP contribution in [0.4, 0.5) is 4.39 Å². The average Bonchev–Trinajstić information content (AvgIpc) is 2.35.